The number of nitrogens with zero attached hydrogens (tertiary/aromatic N) is 4. The van der Waals surface area contributed by atoms with E-state index < -0.39 is 17.6 Å². The van der Waals surface area contributed by atoms with Crippen molar-refractivity contribution in [3.8, 4) is 22.8 Å². The minimum atomic E-state index is -4.56. The maximum Gasteiger partial charge on any atom is 0.417 e. The van der Waals surface area contributed by atoms with Gasteiger partial charge in [-0.15, -0.1) is 0 Å². The van der Waals surface area contributed by atoms with E-state index in [0.717, 1.165) is 24.5 Å². The highest BCUT2D eigenvalue weighted by Gasteiger charge is 2.35. The van der Waals surface area contributed by atoms with Crippen molar-refractivity contribution in [2.24, 2.45) is 7.05 Å². The fourth-order valence-corrected chi connectivity index (χ4v) is 2.48. The number of aryl methyl sites for hydroxylation is 1. The minimum Gasteiger partial charge on any atom is -0.264 e. The van der Waals surface area contributed by atoms with E-state index in [4.69, 9.17) is 11.6 Å². The third-order valence-electron chi connectivity index (χ3n) is 3.30. The van der Waals surface area contributed by atoms with Gasteiger partial charge in [0, 0.05) is 30.6 Å². The lowest BCUT2D eigenvalue weighted by molar-refractivity contribution is -0.137. The zero-order valence-electron chi connectivity index (χ0n) is 12.1. The van der Waals surface area contributed by atoms with Gasteiger partial charge in [-0.3, -0.25) is 4.98 Å². The lowest BCUT2D eigenvalue weighted by atomic mass is 10.1. The molecule has 0 spiro atoms. The number of pyridine rings is 1. The van der Waals surface area contributed by atoms with E-state index >= 15 is 0 Å². The summed E-state index contributed by atoms with van der Waals surface area (Å²) in [5, 5.41) is 4.14. The van der Waals surface area contributed by atoms with E-state index in [2.05, 4.69) is 15.1 Å². The highest BCUT2D eigenvalue weighted by atomic mass is 35.5. The second-order valence-corrected chi connectivity index (χ2v) is 5.33. The Labute approximate surface area is 138 Å². The zero-order chi connectivity index (χ0) is 17.5. The largest absolute Gasteiger partial charge is 0.417 e. The molecule has 3 rings (SSSR count). The van der Waals surface area contributed by atoms with E-state index in [9.17, 15) is 17.6 Å². The van der Waals surface area contributed by atoms with Crippen molar-refractivity contribution < 1.29 is 17.6 Å². The first kappa shape index (κ1) is 16.4. The van der Waals surface area contributed by atoms with Crippen LogP contribution in [0, 0.1) is 5.82 Å². The molecule has 0 aliphatic carbocycles. The van der Waals surface area contributed by atoms with Gasteiger partial charge in [-0.1, -0.05) is 11.6 Å². The number of hydrogen-bond acceptors (Lipinski definition) is 3. The Morgan fingerprint density at radius 3 is 2.54 bits per heavy atom. The Morgan fingerprint density at radius 2 is 1.88 bits per heavy atom. The van der Waals surface area contributed by atoms with E-state index in [1.54, 1.807) is 0 Å². The number of benzene rings is 1. The molecule has 0 N–H and O–H groups in total. The Kier molecular flexibility index (Phi) is 4.00. The van der Waals surface area contributed by atoms with Gasteiger partial charge in [-0.25, -0.2) is 14.1 Å². The smallest absolute Gasteiger partial charge is 0.264 e. The molecule has 0 saturated carbocycles. The summed E-state index contributed by atoms with van der Waals surface area (Å²) in [7, 11) is 1.45. The molecule has 0 bridgehead atoms. The summed E-state index contributed by atoms with van der Waals surface area (Å²) in [6, 6.07) is 4.49. The van der Waals surface area contributed by atoms with E-state index in [1.807, 2.05) is 0 Å². The van der Waals surface area contributed by atoms with Crippen LogP contribution in [-0.4, -0.2) is 19.7 Å². The molecule has 0 aliphatic rings. The molecule has 0 radical (unpaired) electrons. The number of hydrogen-bond donors (Lipinski definition) is 0. The summed E-state index contributed by atoms with van der Waals surface area (Å²) in [6.07, 6.45) is -2.43. The maximum absolute atomic E-state index is 13.2. The minimum absolute atomic E-state index is 0.0224. The van der Waals surface area contributed by atoms with Crippen LogP contribution in [0.5, 0.6) is 0 Å². The van der Waals surface area contributed by atoms with E-state index in [0.29, 0.717) is 5.56 Å². The van der Waals surface area contributed by atoms with Crippen molar-refractivity contribution in [1.82, 2.24) is 19.7 Å². The number of alkyl halides is 3. The van der Waals surface area contributed by atoms with Gasteiger partial charge in [0.15, 0.2) is 11.6 Å². The fraction of sp³-hybridized carbons (Fsp3) is 0.133. The summed E-state index contributed by atoms with van der Waals surface area (Å²) >= 11 is 5.95. The SMILES string of the molecule is Cn1nc(-c2ccc(F)cc2Cl)nc1-c1cnccc1C(F)(F)F. The molecule has 0 saturated heterocycles. The molecule has 0 aliphatic heterocycles. The Bertz CT molecular complexity index is 905. The molecule has 1 aromatic carbocycles. The number of rotatable bonds is 2. The average Bonchev–Trinajstić information content (AvgIpc) is 2.88. The highest BCUT2D eigenvalue weighted by Crippen LogP contribution is 2.36. The molecule has 0 fully saturated rings. The van der Waals surface area contributed by atoms with Gasteiger partial charge in [0.05, 0.1) is 10.6 Å². The summed E-state index contributed by atoms with van der Waals surface area (Å²) in [5.41, 5.74) is -0.758. The standard InChI is InChI=1S/C15H9ClF4N4/c1-24-14(10-7-21-5-4-11(10)15(18,19)20)22-13(23-24)9-3-2-8(17)6-12(9)16/h2-7H,1H3. The van der Waals surface area contributed by atoms with Gasteiger partial charge in [0.25, 0.3) is 0 Å². The van der Waals surface area contributed by atoms with Crippen LogP contribution in [0.3, 0.4) is 0 Å². The highest BCUT2D eigenvalue weighted by molar-refractivity contribution is 6.33. The predicted octanol–water partition coefficient (Wildman–Crippen LogP) is 4.36. The molecule has 4 nitrogen and oxygen atoms in total. The van der Waals surface area contributed by atoms with Crippen LogP contribution in [0.1, 0.15) is 5.56 Å². The van der Waals surface area contributed by atoms with Crippen LogP contribution < -0.4 is 0 Å². The Balaban J connectivity index is 2.15. The van der Waals surface area contributed by atoms with Crippen molar-refractivity contribution >= 4 is 11.6 Å². The van der Waals surface area contributed by atoms with Crippen molar-refractivity contribution in [3.05, 3.63) is 53.1 Å². The second-order valence-electron chi connectivity index (χ2n) is 4.93. The molecular weight excluding hydrogens is 348 g/mol. The van der Waals surface area contributed by atoms with Gasteiger partial charge < -0.3 is 0 Å². The Hall–Kier alpha value is -2.48. The van der Waals surface area contributed by atoms with Crippen molar-refractivity contribution in [3.63, 3.8) is 0 Å². The van der Waals surface area contributed by atoms with Gasteiger partial charge in [-0.05, 0) is 24.3 Å². The first-order valence-electron chi connectivity index (χ1n) is 6.65. The molecule has 0 amide bonds. The summed E-state index contributed by atoms with van der Waals surface area (Å²) in [4.78, 5) is 7.85. The monoisotopic (exact) mass is 356 g/mol. The van der Waals surface area contributed by atoms with E-state index in [1.165, 1.54) is 23.9 Å². The molecule has 2 aromatic heterocycles. The van der Waals surface area contributed by atoms with Gasteiger partial charge in [0.2, 0.25) is 0 Å². The van der Waals surface area contributed by atoms with Crippen LogP contribution >= 0.6 is 11.6 Å². The first-order chi connectivity index (χ1) is 11.3. The third-order valence-corrected chi connectivity index (χ3v) is 3.62. The second kappa shape index (κ2) is 5.86. The Morgan fingerprint density at radius 1 is 1.12 bits per heavy atom. The predicted molar refractivity (Wildman–Crippen MR) is 79.6 cm³/mol. The quantitative estimate of drug-likeness (QED) is 0.641. The number of aromatic nitrogens is 4. The van der Waals surface area contributed by atoms with Gasteiger partial charge >= 0.3 is 6.18 Å². The van der Waals surface area contributed by atoms with E-state index in [-0.39, 0.29) is 22.2 Å². The molecule has 0 atom stereocenters. The van der Waals surface area contributed by atoms with Crippen LogP contribution in [0.15, 0.2) is 36.7 Å². The summed E-state index contributed by atoms with van der Waals surface area (Å²) in [5.74, 6) is -0.466. The molecular formula is C15H9ClF4N4. The lowest BCUT2D eigenvalue weighted by Crippen LogP contribution is -2.09. The lowest BCUT2D eigenvalue weighted by Gasteiger charge is -2.10. The molecule has 124 valence electrons. The van der Waals surface area contributed by atoms with Crippen LogP contribution in [0.4, 0.5) is 17.6 Å². The topological polar surface area (TPSA) is 43.6 Å². The average molecular weight is 357 g/mol. The summed E-state index contributed by atoms with van der Waals surface area (Å²) < 4.78 is 53.8. The first-order valence-corrected chi connectivity index (χ1v) is 7.03. The van der Waals surface area contributed by atoms with Crippen LogP contribution in [0.2, 0.25) is 5.02 Å². The molecule has 3 aromatic rings. The zero-order valence-corrected chi connectivity index (χ0v) is 12.9. The van der Waals surface area contributed by atoms with Gasteiger partial charge in [0.1, 0.15) is 5.82 Å². The van der Waals surface area contributed by atoms with Crippen LogP contribution in [-0.2, 0) is 13.2 Å². The molecule has 24 heavy (non-hydrogen) atoms. The van der Waals surface area contributed by atoms with Crippen molar-refractivity contribution in [2.45, 2.75) is 6.18 Å². The summed E-state index contributed by atoms with van der Waals surface area (Å²) in [6.45, 7) is 0. The molecule has 2 heterocycles. The fourth-order valence-electron chi connectivity index (χ4n) is 2.22. The third kappa shape index (κ3) is 2.96. The normalized spacial score (nSPS) is 11.8. The molecule has 9 heteroatoms. The maximum atomic E-state index is 13.2. The van der Waals surface area contributed by atoms with Gasteiger partial charge in [-0.2, -0.15) is 18.3 Å². The van der Waals surface area contributed by atoms with Crippen molar-refractivity contribution in [1.29, 1.82) is 0 Å². The van der Waals surface area contributed by atoms with Crippen LogP contribution in [0.25, 0.3) is 22.8 Å². The molecule has 0 unspecified atom stereocenters. The van der Waals surface area contributed by atoms with Crippen molar-refractivity contribution in [2.75, 3.05) is 0 Å². The number of halogens is 5.